The maximum Gasteiger partial charge on any atom is 0.292 e. The van der Waals surface area contributed by atoms with Crippen molar-refractivity contribution in [2.24, 2.45) is 0 Å². The summed E-state index contributed by atoms with van der Waals surface area (Å²) in [5.41, 5.74) is 1.68. The van der Waals surface area contributed by atoms with Gasteiger partial charge >= 0.3 is 0 Å². The molecule has 0 unspecified atom stereocenters. The average Bonchev–Trinajstić information content (AvgIpc) is 2.58. The van der Waals surface area contributed by atoms with E-state index in [0.717, 1.165) is 17.0 Å². The largest absolute Gasteiger partial charge is 0.497 e. The zero-order valence-electron chi connectivity index (χ0n) is 8.45. The van der Waals surface area contributed by atoms with Crippen molar-refractivity contribution in [2.75, 3.05) is 7.11 Å². The molecular weight excluding hydrogens is 214 g/mol. The molecule has 0 fully saturated rings. The van der Waals surface area contributed by atoms with Crippen LogP contribution in [0.1, 0.15) is 5.76 Å². The van der Waals surface area contributed by atoms with Crippen LogP contribution in [0, 0.1) is 6.92 Å². The van der Waals surface area contributed by atoms with Gasteiger partial charge in [0.1, 0.15) is 17.2 Å². The van der Waals surface area contributed by atoms with Gasteiger partial charge in [-0.3, -0.25) is 0 Å². The van der Waals surface area contributed by atoms with Crippen molar-refractivity contribution in [3.8, 4) is 17.0 Å². The van der Waals surface area contributed by atoms with E-state index in [0.29, 0.717) is 5.76 Å². The number of benzene rings is 1. The summed E-state index contributed by atoms with van der Waals surface area (Å²) < 4.78 is 10.3. The predicted octanol–water partition coefficient (Wildman–Crippen LogP) is 3.31. The maximum atomic E-state index is 5.68. The molecule has 1 aromatic heterocycles. The maximum absolute atomic E-state index is 5.68. The van der Waals surface area contributed by atoms with Gasteiger partial charge in [-0.2, -0.15) is 4.98 Å². The number of methoxy groups -OCH3 is 1. The topological polar surface area (TPSA) is 35.3 Å². The Morgan fingerprint density at radius 1 is 1.40 bits per heavy atom. The van der Waals surface area contributed by atoms with Crippen molar-refractivity contribution in [3.05, 3.63) is 35.4 Å². The summed E-state index contributed by atoms with van der Waals surface area (Å²) >= 11 is 5.68. The molecule has 78 valence electrons. The lowest BCUT2D eigenvalue weighted by molar-refractivity contribution is 0.415. The second-order valence-electron chi connectivity index (χ2n) is 3.10. The minimum atomic E-state index is 0.158. The van der Waals surface area contributed by atoms with Gasteiger partial charge in [0.25, 0.3) is 5.35 Å². The van der Waals surface area contributed by atoms with Gasteiger partial charge in [-0.1, -0.05) is 12.1 Å². The highest BCUT2D eigenvalue weighted by Gasteiger charge is 2.10. The van der Waals surface area contributed by atoms with Gasteiger partial charge < -0.3 is 9.15 Å². The van der Waals surface area contributed by atoms with Gasteiger partial charge in [-0.05, 0) is 30.7 Å². The van der Waals surface area contributed by atoms with E-state index in [1.165, 1.54) is 0 Å². The number of hydrogen-bond donors (Lipinski definition) is 0. The summed E-state index contributed by atoms with van der Waals surface area (Å²) in [6.45, 7) is 1.83. The van der Waals surface area contributed by atoms with Crippen LogP contribution in [0.2, 0.25) is 5.35 Å². The SMILES string of the molecule is COc1cccc(-c2nc(Cl)oc2C)c1. The van der Waals surface area contributed by atoms with E-state index in [1.54, 1.807) is 7.11 Å². The molecule has 1 aromatic carbocycles. The van der Waals surface area contributed by atoms with Crippen LogP contribution >= 0.6 is 11.6 Å². The Bertz CT molecular complexity index is 479. The zero-order valence-corrected chi connectivity index (χ0v) is 9.21. The Labute approximate surface area is 92.6 Å². The van der Waals surface area contributed by atoms with Crippen LogP contribution in [0.4, 0.5) is 0 Å². The van der Waals surface area contributed by atoms with Crippen molar-refractivity contribution in [1.29, 1.82) is 0 Å². The molecule has 1 heterocycles. The zero-order chi connectivity index (χ0) is 10.8. The molecular formula is C11H10ClNO2. The minimum Gasteiger partial charge on any atom is -0.497 e. The first-order valence-electron chi connectivity index (χ1n) is 4.48. The summed E-state index contributed by atoms with van der Waals surface area (Å²) in [7, 11) is 1.63. The first kappa shape index (κ1) is 10.1. The molecule has 0 spiro atoms. The summed E-state index contributed by atoms with van der Waals surface area (Å²) in [5.74, 6) is 1.49. The number of aryl methyl sites for hydroxylation is 1. The van der Waals surface area contributed by atoms with Crippen LogP contribution in [0.25, 0.3) is 11.3 Å². The molecule has 0 saturated heterocycles. The summed E-state index contributed by atoms with van der Waals surface area (Å²) in [5, 5.41) is 0.158. The van der Waals surface area contributed by atoms with Crippen LogP contribution < -0.4 is 4.74 Å². The molecule has 0 radical (unpaired) electrons. The highest BCUT2D eigenvalue weighted by atomic mass is 35.5. The lowest BCUT2D eigenvalue weighted by Crippen LogP contribution is -1.85. The van der Waals surface area contributed by atoms with Gasteiger partial charge in [0, 0.05) is 5.56 Å². The molecule has 4 heteroatoms. The predicted molar refractivity (Wildman–Crippen MR) is 58.2 cm³/mol. The van der Waals surface area contributed by atoms with Gasteiger partial charge in [-0.15, -0.1) is 0 Å². The molecule has 0 aliphatic heterocycles. The number of aromatic nitrogens is 1. The number of rotatable bonds is 2. The number of hydrogen-bond acceptors (Lipinski definition) is 3. The average molecular weight is 224 g/mol. The van der Waals surface area contributed by atoms with Crippen LogP contribution in [0.15, 0.2) is 28.7 Å². The monoisotopic (exact) mass is 223 g/mol. The van der Waals surface area contributed by atoms with Gasteiger partial charge in [0.15, 0.2) is 0 Å². The van der Waals surface area contributed by atoms with Crippen LogP contribution in [0.5, 0.6) is 5.75 Å². The van der Waals surface area contributed by atoms with E-state index >= 15 is 0 Å². The van der Waals surface area contributed by atoms with Crippen LogP contribution in [-0.2, 0) is 0 Å². The molecule has 0 bridgehead atoms. The number of ether oxygens (including phenoxy) is 1. The molecule has 3 nitrogen and oxygen atoms in total. The first-order valence-corrected chi connectivity index (χ1v) is 4.86. The molecule has 0 aliphatic rings. The Morgan fingerprint density at radius 2 is 2.20 bits per heavy atom. The molecule has 0 saturated carbocycles. The third-order valence-corrected chi connectivity index (χ3v) is 2.28. The molecule has 0 amide bonds. The van der Waals surface area contributed by atoms with Crippen molar-refractivity contribution in [1.82, 2.24) is 4.98 Å². The Balaban J connectivity index is 2.49. The third kappa shape index (κ3) is 1.97. The van der Waals surface area contributed by atoms with Crippen molar-refractivity contribution in [3.63, 3.8) is 0 Å². The Kier molecular flexibility index (Phi) is 2.64. The molecule has 2 aromatic rings. The van der Waals surface area contributed by atoms with Crippen molar-refractivity contribution in [2.45, 2.75) is 6.92 Å². The smallest absolute Gasteiger partial charge is 0.292 e. The van der Waals surface area contributed by atoms with Crippen LogP contribution in [-0.4, -0.2) is 12.1 Å². The molecule has 2 rings (SSSR count). The van der Waals surface area contributed by atoms with Crippen LogP contribution in [0.3, 0.4) is 0 Å². The fourth-order valence-electron chi connectivity index (χ4n) is 1.40. The molecule has 0 aliphatic carbocycles. The van der Waals surface area contributed by atoms with Gasteiger partial charge in [-0.25, -0.2) is 0 Å². The quantitative estimate of drug-likeness (QED) is 0.784. The van der Waals surface area contributed by atoms with E-state index in [9.17, 15) is 0 Å². The molecule has 0 atom stereocenters. The third-order valence-electron chi connectivity index (χ3n) is 2.11. The Hall–Kier alpha value is -1.48. The van der Waals surface area contributed by atoms with E-state index in [1.807, 2.05) is 31.2 Å². The van der Waals surface area contributed by atoms with Gasteiger partial charge in [0.05, 0.1) is 7.11 Å². The van der Waals surface area contributed by atoms with E-state index < -0.39 is 0 Å². The van der Waals surface area contributed by atoms with Crippen molar-refractivity contribution >= 4 is 11.6 Å². The molecule has 0 N–H and O–H groups in total. The van der Waals surface area contributed by atoms with E-state index in [4.69, 9.17) is 20.8 Å². The Morgan fingerprint density at radius 3 is 2.80 bits per heavy atom. The first-order chi connectivity index (χ1) is 7.20. The van der Waals surface area contributed by atoms with Crippen molar-refractivity contribution < 1.29 is 9.15 Å². The second kappa shape index (κ2) is 3.95. The second-order valence-corrected chi connectivity index (χ2v) is 3.43. The summed E-state index contributed by atoms with van der Waals surface area (Å²) in [6.07, 6.45) is 0. The highest BCUT2D eigenvalue weighted by molar-refractivity contribution is 6.27. The van der Waals surface area contributed by atoms with E-state index in [-0.39, 0.29) is 5.35 Å². The lowest BCUT2D eigenvalue weighted by atomic mass is 10.1. The fourth-order valence-corrected chi connectivity index (χ4v) is 1.60. The number of nitrogens with zero attached hydrogens (tertiary/aromatic N) is 1. The lowest BCUT2D eigenvalue weighted by Gasteiger charge is -2.01. The normalized spacial score (nSPS) is 10.3. The van der Waals surface area contributed by atoms with Gasteiger partial charge in [0.2, 0.25) is 0 Å². The highest BCUT2D eigenvalue weighted by Crippen LogP contribution is 2.27. The van der Waals surface area contributed by atoms with E-state index in [2.05, 4.69) is 4.98 Å². The number of oxazole rings is 1. The standard InChI is InChI=1S/C11H10ClNO2/c1-7-10(13-11(12)15-7)8-4-3-5-9(6-8)14-2/h3-6H,1-2H3. The summed E-state index contributed by atoms with van der Waals surface area (Å²) in [6, 6.07) is 7.60. The number of halogens is 1. The minimum absolute atomic E-state index is 0.158. The molecule has 15 heavy (non-hydrogen) atoms. The summed E-state index contributed by atoms with van der Waals surface area (Å²) in [4.78, 5) is 4.10. The fraction of sp³-hybridized carbons (Fsp3) is 0.182.